The summed E-state index contributed by atoms with van der Waals surface area (Å²) in [5, 5.41) is 0. The van der Waals surface area contributed by atoms with Crippen LogP contribution in [0.3, 0.4) is 0 Å². The molecule has 0 saturated heterocycles. The van der Waals surface area contributed by atoms with Crippen LogP contribution in [0.5, 0.6) is 0 Å². The van der Waals surface area contributed by atoms with Gasteiger partial charge in [-0.05, 0) is 35.4 Å². The fraction of sp³-hybridized carbons (Fsp3) is 0.0800. The van der Waals surface area contributed by atoms with Crippen LogP contribution in [0.4, 0.5) is 0 Å². The van der Waals surface area contributed by atoms with Gasteiger partial charge in [-0.25, -0.2) is 4.79 Å². The number of benzene rings is 3. The molecule has 0 bridgehead atoms. The van der Waals surface area contributed by atoms with Gasteiger partial charge in [0, 0.05) is 5.56 Å². The first-order valence-corrected chi connectivity index (χ1v) is 8.74. The second-order valence-corrected chi connectivity index (χ2v) is 6.00. The molecule has 0 spiro atoms. The quantitative estimate of drug-likeness (QED) is 0.469. The van der Waals surface area contributed by atoms with E-state index in [1.54, 1.807) is 12.1 Å². The fourth-order valence-electron chi connectivity index (χ4n) is 2.64. The number of allylic oxidation sites excluding steroid dienone is 1. The van der Waals surface area contributed by atoms with E-state index in [1.165, 1.54) is 7.11 Å². The van der Waals surface area contributed by atoms with Crippen LogP contribution >= 0.6 is 0 Å². The summed E-state index contributed by atoms with van der Waals surface area (Å²) in [7, 11) is 1.38. The summed E-state index contributed by atoms with van der Waals surface area (Å²) in [4.78, 5) is 11.7. The van der Waals surface area contributed by atoms with E-state index in [9.17, 15) is 4.79 Å². The molecular weight excluding hydrogens is 332 g/mol. The van der Waals surface area contributed by atoms with Gasteiger partial charge in [0.25, 0.3) is 0 Å². The predicted molar refractivity (Wildman–Crippen MR) is 109 cm³/mol. The fourth-order valence-corrected chi connectivity index (χ4v) is 2.64. The average Bonchev–Trinajstić information content (AvgIpc) is 2.75. The second-order valence-electron chi connectivity index (χ2n) is 6.00. The first-order chi connectivity index (χ1) is 13.3. The van der Waals surface area contributed by atoms with Crippen molar-refractivity contribution in [2.75, 3.05) is 7.11 Å². The molecule has 0 aromatic heterocycles. The molecule has 2 heteroatoms. The Kier molecular flexibility index (Phi) is 6.22. The zero-order chi connectivity index (χ0) is 18.9. The first-order valence-electron chi connectivity index (χ1n) is 8.74. The van der Waals surface area contributed by atoms with Crippen LogP contribution in [0, 0.1) is 11.8 Å². The molecule has 3 aromatic rings. The van der Waals surface area contributed by atoms with Crippen LogP contribution < -0.4 is 0 Å². The number of methoxy groups -OCH3 is 1. The zero-order valence-corrected chi connectivity index (χ0v) is 15.1. The topological polar surface area (TPSA) is 26.3 Å². The van der Waals surface area contributed by atoms with Crippen molar-refractivity contribution >= 4 is 12.0 Å². The minimum Gasteiger partial charge on any atom is -0.465 e. The maximum absolute atomic E-state index is 11.7. The molecule has 3 aromatic carbocycles. The molecule has 0 aliphatic heterocycles. The maximum atomic E-state index is 11.7. The summed E-state index contributed by atoms with van der Waals surface area (Å²) in [5.41, 5.74) is 3.65. The minimum atomic E-state index is -0.340. The van der Waals surface area contributed by atoms with Crippen LogP contribution in [0.2, 0.25) is 0 Å². The normalized spacial score (nSPS) is 11.4. The zero-order valence-electron chi connectivity index (χ0n) is 15.1. The molecule has 0 radical (unpaired) electrons. The third-order valence-corrected chi connectivity index (χ3v) is 4.12. The van der Waals surface area contributed by atoms with Crippen molar-refractivity contribution in [3.8, 4) is 11.8 Å². The van der Waals surface area contributed by atoms with Gasteiger partial charge in [-0.15, -0.1) is 0 Å². The molecule has 0 N–H and O–H groups in total. The van der Waals surface area contributed by atoms with Crippen molar-refractivity contribution in [2.45, 2.75) is 5.92 Å². The first kappa shape index (κ1) is 18.2. The van der Waals surface area contributed by atoms with Gasteiger partial charge in [0.15, 0.2) is 0 Å². The average molecular weight is 352 g/mol. The Morgan fingerprint density at radius 3 is 2.15 bits per heavy atom. The van der Waals surface area contributed by atoms with E-state index < -0.39 is 0 Å². The van der Waals surface area contributed by atoms with Gasteiger partial charge < -0.3 is 4.74 Å². The molecule has 0 aliphatic carbocycles. The summed E-state index contributed by atoms with van der Waals surface area (Å²) >= 11 is 0. The molecule has 1 unspecified atom stereocenters. The number of hydrogen-bond acceptors (Lipinski definition) is 2. The van der Waals surface area contributed by atoms with E-state index in [0.717, 1.165) is 16.7 Å². The van der Waals surface area contributed by atoms with Crippen molar-refractivity contribution in [3.63, 3.8) is 0 Å². The third kappa shape index (κ3) is 5.20. The lowest BCUT2D eigenvalue weighted by Crippen LogP contribution is -2.01. The molecular formula is C25H20O2. The van der Waals surface area contributed by atoms with E-state index in [-0.39, 0.29) is 11.9 Å². The van der Waals surface area contributed by atoms with Crippen molar-refractivity contribution in [3.05, 3.63) is 113 Å². The SMILES string of the molecule is COC(=O)c1ccc(C(C#Cc2ccccc2)/C=C/c2ccccc2)cc1. The van der Waals surface area contributed by atoms with Crippen LogP contribution in [0.25, 0.3) is 6.08 Å². The van der Waals surface area contributed by atoms with Crippen molar-refractivity contribution in [1.29, 1.82) is 0 Å². The molecule has 27 heavy (non-hydrogen) atoms. The lowest BCUT2D eigenvalue weighted by Gasteiger charge is -2.08. The summed E-state index contributed by atoms with van der Waals surface area (Å²) < 4.78 is 4.77. The van der Waals surface area contributed by atoms with E-state index in [2.05, 4.69) is 36.1 Å². The van der Waals surface area contributed by atoms with E-state index >= 15 is 0 Å². The molecule has 0 aliphatic rings. The number of carbonyl (C=O) groups is 1. The van der Waals surface area contributed by atoms with Crippen molar-refractivity contribution < 1.29 is 9.53 Å². The standard InChI is InChI=1S/C25H20O2/c1-27-25(26)24-18-16-23(17-19-24)22(14-12-20-8-4-2-5-9-20)15-13-21-10-6-3-7-11-21/h2-12,14,16-19,22H,1H3/b14-12+. The Morgan fingerprint density at radius 2 is 1.52 bits per heavy atom. The Labute approximate surface area is 160 Å². The molecule has 0 fully saturated rings. The van der Waals surface area contributed by atoms with Gasteiger partial charge >= 0.3 is 5.97 Å². The lowest BCUT2D eigenvalue weighted by molar-refractivity contribution is 0.0600. The summed E-state index contributed by atoms with van der Waals surface area (Å²) in [6.07, 6.45) is 4.15. The highest BCUT2D eigenvalue weighted by molar-refractivity contribution is 5.89. The van der Waals surface area contributed by atoms with Gasteiger partial charge in [-0.3, -0.25) is 0 Å². The Bertz CT molecular complexity index is 960. The summed E-state index contributed by atoms with van der Waals surface area (Å²) in [5.74, 6) is 6.14. The smallest absolute Gasteiger partial charge is 0.337 e. The number of rotatable bonds is 4. The Balaban J connectivity index is 1.90. The Morgan fingerprint density at radius 1 is 0.889 bits per heavy atom. The van der Waals surface area contributed by atoms with Gasteiger partial charge in [0.05, 0.1) is 18.6 Å². The number of esters is 1. The van der Waals surface area contributed by atoms with Gasteiger partial charge in [0.2, 0.25) is 0 Å². The summed E-state index contributed by atoms with van der Waals surface area (Å²) in [6, 6.07) is 27.4. The lowest BCUT2D eigenvalue weighted by atomic mass is 9.96. The highest BCUT2D eigenvalue weighted by atomic mass is 16.5. The maximum Gasteiger partial charge on any atom is 0.337 e. The van der Waals surface area contributed by atoms with Crippen LogP contribution in [-0.4, -0.2) is 13.1 Å². The minimum absolute atomic E-state index is 0.0860. The highest BCUT2D eigenvalue weighted by Gasteiger charge is 2.08. The summed E-state index contributed by atoms with van der Waals surface area (Å²) in [6.45, 7) is 0. The van der Waals surface area contributed by atoms with Gasteiger partial charge in [0.1, 0.15) is 0 Å². The van der Waals surface area contributed by atoms with Crippen LogP contribution in [0.1, 0.15) is 33.0 Å². The van der Waals surface area contributed by atoms with E-state index in [0.29, 0.717) is 5.56 Å². The number of carbonyl (C=O) groups excluding carboxylic acids is 1. The molecule has 0 saturated carbocycles. The third-order valence-electron chi connectivity index (χ3n) is 4.12. The molecule has 1 atom stereocenters. The predicted octanol–water partition coefficient (Wildman–Crippen LogP) is 5.32. The van der Waals surface area contributed by atoms with E-state index in [1.807, 2.05) is 60.7 Å². The van der Waals surface area contributed by atoms with Crippen LogP contribution in [0.15, 0.2) is 91.0 Å². The van der Waals surface area contributed by atoms with Gasteiger partial charge in [-0.2, -0.15) is 0 Å². The molecule has 2 nitrogen and oxygen atoms in total. The number of hydrogen-bond donors (Lipinski definition) is 0. The monoisotopic (exact) mass is 352 g/mol. The molecule has 3 rings (SSSR count). The molecule has 0 heterocycles. The van der Waals surface area contributed by atoms with Crippen molar-refractivity contribution in [2.24, 2.45) is 0 Å². The van der Waals surface area contributed by atoms with Crippen LogP contribution in [-0.2, 0) is 4.74 Å². The largest absolute Gasteiger partial charge is 0.465 e. The molecule has 0 amide bonds. The number of ether oxygens (including phenoxy) is 1. The van der Waals surface area contributed by atoms with Gasteiger partial charge in [-0.1, -0.05) is 84.7 Å². The second kappa shape index (κ2) is 9.22. The van der Waals surface area contributed by atoms with E-state index in [4.69, 9.17) is 4.74 Å². The highest BCUT2D eigenvalue weighted by Crippen LogP contribution is 2.20. The molecule has 132 valence electrons. The van der Waals surface area contributed by atoms with Crippen molar-refractivity contribution in [1.82, 2.24) is 0 Å². The Hall–Kier alpha value is -3.57.